The summed E-state index contributed by atoms with van der Waals surface area (Å²) in [6, 6.07) is 26.5. The lowest BCUT2D eigenvalue weighted by Crippen LogP contribution is -2.16. The van der Waals surface area contributed by atoms with Crippen LogP contribution in [0.15, 0.2) is 89.2 Å². The van der Waals surface area contributed by atoms with Crippen molar-refractivity contribution < 1.29 is 9.47 Å². The number of benzene rings is 3. The fourth-order valence-electron chi connectivity index (χ4n) is 3.18. The van der Waals surface area contributed by atoms with Gasteiger partial charge in [0.25, 0.3) is 0 Å². The summed E-state index contributed by atoms with van der Waals surface area (Å²) in [4.78, 5) is 5.83. The number of thiazole rings is 1. The first-order valence-electron chi connectivity index (χ1n) is 9.33. The molecule has 0 saturated heterocycles. The summed E-state index contributed by atoms with van der Waals surface area (Å²) >= 11 is 1.63. The fourth-order valence-corrected chi connectivity index (χ4v) is 4.11. The normalized spacial score (nSPS) is 11.4. The standard InChI is InChI=1S/C24H22N2O2S/c1-27-22-14-13-19(15-23(22)28-2)21-17-29-24(25-20-11-7-4-8-12-20)26(21)16-18-9-5-3-6-10-18/h3-15,17H,16H2,1-2H3. The van der Waals surface area contributed by atoms with E-state index in [0.29, 0.717) is 5.75 Å². The van der Waals surface area contributed by atoms with E-state index in [1.807, 2.05) is 48.5 Å². The molecule has 1 aromatic heterocycles. The summed E-state index contributed by atoms with van der Waals surface area (Å²) in [6.45, 7) is 0.736. The van der Waals surface area contributed by atoms with Gasteiger partial charge in [-0.3, -0.25) is 0 Å². The number of methoxy groups -OCH3 is 2. The SMILES string of the molecule is COc1ccc(-c2csc(=Nc3ccccc3)n2Cc2ccccc2)cc1OC. The summed E-state index contributed by atoms with van der Waals surface area (Å²) in [5, 5.41) is 2.14. The highest BCUT2D eigenvalue weighted by molar-refractivity contribution is 7.07. The van der Waals surface area contributed by atoms with Crippen LogP contribution in [0.1, 0.15) is 5.56 Å². The molecule has 0 fully saturated rings. The maximum atomic E-state index is 5.50. The molecule has 4 nitrogen and oxygen atoms in total. The quantitative estimate of drug-likeness (QED) is 0.426. The third kappa shape index (κ3) is 4.25. The molecule has 0 amide bonds. The summed E-state index contributed by atoms with van der Waals surface area (Å²) < 4.78 is 13.1. The van der Waals surface area contributed by atoms with Gasteiger partial charge in [-0.25, -0.2) is 4.99 Å². The van der Waals surface area contributed by atoms with Crippen molar-refractivity contribution in [3.05, 3.63) is 94.6 Å². The molecule has 0 radical (unpaired) electrons. The summed E-state index contributed by atoms with van der Waals surface area (Å²) in [6.07, 6.45) is 0. The number of para-hydroxylation sites is 1. The van der Waals surface area contributed by atoms with E-state index < -0.39 is 0 Å². The second-order valence-corrected chi connectivity index (χ2v) is 7.33. The van der Waals surface area contributed by atoms with Crippen LogP contribution in [-0.4, -0.2) is 18.8 Å². The summed E-state index contributed by atoms with van der Waals surface area (Å²) in [5.74, 6) is 1.43. The van der Waals surface area contributed by atoms with Crippen molar-refractivity contribution in [1.29, 1.82) is 0 Å². The van der Waals surface area contributed by atoms with E-state index in [4.69, 9.17) is 14.5 Å². The fraction of sp³-hybridized carbons (Fsp3) is 0.125. The van der Waals surface area contributed by atoms with Gasteiger partial charge < -0.3 is 14.0 Å². The minimum atomic E-state index is 0.712. The molecule has 0 atom stereocenters. The van der Waals surface area contributed by atoms with E-state index in [-0.39, 0.29) is 0 Å². The summed E-state index contributed by atoms with van der Waals surface area (Å²) in [7, 11) is 3.30. The van der Waals surface area contributed by atoms with Crippen LogP contribution in [0.5, 0.6) is 11.5 Å². The minimum Gasteiger partial charge on any atom is -0.493 e. The molecule has 3 aromatic carbocycles. The van der Waals surface area contributed by atoms with Crippen molar-refractivity contribution in [1.82, 2.24) is 4.57 Å². The lowest BCUT2D eigenvalue weighted by Gasteiger charge is -2.12. The third-order valence-electron chi connectivity index (χ3n) is 4.64. The van der Waals surface area contributed by atoms with Gasteiger partial charge in [0.2, 0.25) is 0 Å². The zero-order valence-corrected chi connectivity index (χ0v) is 17.2. The average Bonchev–Trinajstić information content (AvgIpc) is 3.16. The number of aromatic nitrogens is 1. The maximum absolute atomic E-state index is 5.50. The van der Waals surface area contributed by atoms with Crippen molar-refractivity contribution >= 4 is 17.0 Å². The topological polar surface area (TPSA) is 35.8 Å². The number of hydrogen-bond acceptors (Lipinski definition) is 4. The van der Waals surface area contributed by atoms with E-state index >= 15 is 0 Å². The Bertz CT molecular complexity index is 1150. The van der Waals surface area contributed by atoms with Crippen LogP contribution < -0.4 is 14.3 Å². The van der Waals surface area contributed by atoms with E-state index in [0.717, 1.165) is 34.0 Å². The molecule has 0 aliphatic rings. The van der Waals surface area contributed by atoms with Crippen LogP contribution in [0, 0.1) is 0 Å². The molecule has 0 N–H and O–H groups in total. The first-order valence-corrected chi connectivity index (χ1v) is 10.2. The van der Waals surface area contributed by atoms with Gasteiger partial charge in [-0.2, -0.15) is 0 Å². The van der Waals surface area contributed by atoms with E-state index in [1.54, 1.807) is 25.6 Å². The molecule has 29 heavy (non-hydrogen) atoms. The van der Waals surface area contributed by atoms with Crippen molar-refractivity contribution in [3.8, 4) is 22.8 Å². The Balaban J connectivity index is 1.85. The predicted octanol–water partition coefficient (Wildman–Crippen LogP) is 5.51. The molecule has 4 rings (SSSR count). The predicted molar refractivity (Wildman–Crippen MR) is 118 cm³/mol. The summed E-state index contributed by atoms with van der Waals surface area (Å²) in [5.41, 5.74) is 4.32. The van der Waals surface area contributed by atoms with Gasteiger partial charge in [-0.05, 0) is 35.9 Å². The van der Waals surface area contributed by atoms with Gasteiger partial charge in [-0.1, -0.05) is 48.5 Å². The number of ether oxygens (including phenoxy) is 2. The molecule has 4 aromatic rings. The van der Waals surface area contributed by atoms with Gasteiger partial charge in [0.05, 0.1) is 32.1 Å². The second kappa shape index (κ2) is 8.80. The molecular weight excluding hydrogens is 380 g/mol. The zero-order chi connectivity index (χ0) is 20.1. The molecular formula is C24H22N2O2S. The first kappa shape index (κ1) is 19.0. The molecule has 0 saturated carbocycles. The van der Waals surface area contributed by atoms with Gasteiger partial charge in [-0.15, -0.1) is 11.3 Å². The van der Waals surface area contributed by atoms with E-state index in [2.05, 4.69) is 40.3 Å². The van der Waals surface area contributed by atoms with Crippen LogP contribution in [0.4, 0.5) is 5.69 Å². The lowest BCUT2D eigenvalue weighted by molar-refractivity contribution is 0.355. The molecule has 1 heterocycles. The van der Waals surface area contributed by atoms with Gasteiger partial charge in [0, 0.05) is 10.9 Å². The minimum absolute atomic E-state index is 0.712. The molecule has 146 valence electrons. The Morgan fingerprint density at radius 1 is 0.828 bits per heavy atom. The highest BCUT2D eigenvalue weighted by Crippen LogP contribution is 2.32. The van der Waals surface area contributed by atoms with Crippen LogP contribution >= 0.6 is 11.3 Å². The second-order valence-electron chi connectivity index (χ2n) is 6.49. The Morgan fingerprint density at radius 3 is 2.21 bits per heavy atom. The van der Waals surface area contributed by atoms with Crippen LogP contribution in [-0.2, 0) is 6.54 Å². The van der Waals surface area contributed by atoms with Gasteiger partial charge in [0.15, 0.2) is 16.3 Å². The van der Waals surface area contributed by atoms with Crippen LogP contribution in [0.3, 0.4) is 0 Å². The highest BCUT2D eigenvalue weighted by Gasteiger charge is 2.12. The maximum Gasteiger partial charge on any atom is 0.190 e. The molecule has 5 heteroatoms. The van der Waals surface area contributed by atoms with E-state index in [1.165, 1.54) is 5.56 Å². The molecule has 0 bridgehead atoms. The van der Waals surface area contributed by atoms with Crippen molar-refractivity contribution in [2.24, 2.45) is 4.99 Å². The molecule has 0 unspecified atom stereocenters. The monoisotopic (exact) mass is 402 g/mol. The first-order chi connectivity index (χ1) is 14.3. The van der Waals surface area contributed by atoms with Crippen molar-refractivity contribution in [3.63, 3.8) is 0 Å². The van der Waals surface area contributed by atoms with Gasteiger partial charge >= 0.3 is 0 Å². The van der Waals surface area contributed by atoms with E-state index in [9.17, 15) is 0 Å². The van der Waals surface area contributed by atoms with Crippen LogP contribution in [0.2, 0.25) is 0 Å². The Labute approximate surface area is 174 Å². The third-order valence-corrected chi connectivity index (χ3v) is 5.51. The average molecular weight is 403 g/mol. The Kier molecular flexibility index (Phi) is 5.77. The number of rotatable bonds is 6. The Hall–Kier alpha value is -3.31. The van der Waals surface area contributed by atoms with Crippen LogP contribution in [0.25, 0.3) is 11.3 Å². The Morgan fingerprint density at radius 2 is 1.52 bits per heavy atom. The smallest absolute Gasteiger partial charge is 0.190 e. The molecule has 0 spiro atoms. The molecule has 0 aliphatic carbocycles. The lowest BCUT2D eigenvalue weighted by atomic mass is 10.1. The number of nitrogens with zero attached hydrogens (tertiary/aromatic N) is 2. The highest BCUT2D eigenvalue weighted by atomic mass is 32.1. The van der Waals surface area contributed by atoms with Crippen molar-refractivity contribution in [2.75, 3.05) is 14.2 Å². The largest absolute Gasteiger partial charge is 0.493 e. The number of hydrogen-bond donors (Lipinski definition) is 0. The van der Waals surface area contributed by atoms with Crippen molar-refractivity contribution in [2.45, 2.75) is 6.54 Å². The zero-order valence-electron chi connectivity index (χ0n) is 16.4. The van der Waals surface area contributed by atoms with Gasteiger partial charge in [0.1, 0.15) is 0 Å². The molecule has 0 aliphatic heterocycles.